The van der Waals surface area contributed by atoms with Gasteiger partial charge in [0.05, 0.1) is 5.02 Å². The van der Waals surface area contributed by atoms with Gasteiger partial charge >= 0.3 is 0 Å². The van der Waals surface area contributed by atoms with Gasteiger partial charge in [-0.2, -0.15) is 0 Å². The summed E-state index contributed by atoms with van der Waals surface area (Å²) < 4.78 is 0. The molecule has 0 radical (unpaired) electrons. The summed E-state index contributed by atoms with van der Waals surface area (Å²) in [5.74, 6) is 0.452. The van der Waals surface area contributed by atoms with Crippen molar-refractivity contribution in [2.75, 3.05) is 6.54 Å². The van der Waals surface area contributed by atoms with Gasteiger partial charge in [0.1, 0.15) is 5.75 Å². The van der Waals surface area contributed by atoms with E-state index in [1.165, 1.54) is 0 Å². The van der Waals surface area contributed by atoms with Crippen molar-refractivity contribution in [2.24, 2.45) is 5.73 Å². The van der Waals surface area contributed by atoms with Crippen molar-refractivity contribution >= 4 is 11.6 Å². The van der Waals surface area contributed by atoms with Crippen LogP contribution < -0.4 is 5.73 Å². The second-order valence-corrected chi connectivity index (χ2v) is 4.45. The van der Waals surface area contributed by atoms with Crippen LogP contribution in [0.2, 0.25) is 5.02 Å². The molecule has 0 aliphatic rings. The molecule has 0 aliphatic carbocycles. The van der Waals surface area contributed by atoms with Crippen molar-refractivity contribution in [1.82, 2.24) is 0 Å². The van der Waals surface area contributed by atoms with Crippen LogP contribution in [-0.2, 0) is 0 Å². The van der Waals surface area contributed by atoms with Gasteiger partial charge in [-0.05, 0) is 49.9 Å². The van der Waals surface area contributed by atoms with Crippen molar-refractivity contribution in [2.45, 2.75) is 33.1 Å². The van der Waals surface area contributed by atoms with Gasteiger partial charge in [0.2, 0.25) is 0 Å². The monoisotopic (exact) mass is 227 g/mol. The van der Waals surface area contributed by atoms with Gasteiger partial charge in [-0.3, -0.25) is 0 Å². The molecule has 0 heterocycles. The SMILES string of the molecule is Cc1cc(Cl)c(O)c(C(C)CCN)c1C. The fraction of sp³-hybridized carbons (Fsp3) is 0.500. The number of phenolic OH excluding ortho intramolecular Hbond substituents is 1. The summed E-state index contributed by atoms with van der Waals surface area (Å²) in [5.41, 5.74) is 8.68. The molecular formula is C12H18ClNO. The minimum Gasteiger partial charge on any atom is -0.506 e. The standard InChI is InChI=1S/C12H18ClNO/c1-7(4-5-14)11-9(3)8(2)6-10(13)12(11)15/h6-7,15H,4-5,14H2,1-3H3. The first-order valence-corrected chi connectivity index (χ1v) is 5.55. The highest BCUT2D eigenvalue weighted by Crippen LogP contribution is 2.37. The number of halogens is 1. The Morgan fingerprint density at radius 1 is 1.47 bits per heavy atom. The summed E-state index contributed by atoms with van der Waals surface area (Å²) >= 11 is 5.95. The quantitative estimate of drug-likeness (QED) is 0.834. The van der Waals surface area contributed by atoms with E-state index in [9.17, 15) is 5.11 Å². The molecule has 1 aromatic rings. The summed E-state index contributed by atoms with van der Waals surface area (Å²) in [6, 6.07) is 1.80. The van der Waals surface area contributed by atoms with Crippen LogP contribution in [-0.4, -0.2) is 11.7 Å². The predicted octanol–water partition coefficient (Wildman–Crippen LogP) is 3.11. The fourth-order valence-electron chi connectivity index (χ4n) is 1.88. The Balaban J connectivity index is 3.26. The van der Waals surface area contributed by atoms with Crippen molar-refractivity contribution in [3.05, 3.63) is 27.8 Å². The second kappa shape index (κ2) is 4.86. The molecule has 0 aliphatic heterocycles. The first-order valence-electron chi connectivity index (χ1n) is 5.17. The van der Waals surface area contributed by atoms with Crippen molar-refractivity contribution in [1.29, 1.82) is 0 Å². The average molecular weight is 228 g/mol. The summed E-state index contributed by atoms with van der Waals surface area (Å²) in [6.07, 6.45) is 0.855. The highest BCUT2D eigenvalue weighted by Gasteiger charge is 2.16. The lowest BCUT2D eigenvalue weighted by Crippen LogP contribution is -2.07. The Labute approximate surface area is 96.1 Å². The second-order valence-electron chi connectivity index (χ2n) is 4.04. The van der Waals surface area contributed by atoms with E-state index >= 15 is 0 Å². The van der Waals surface area contributed by atoms with Crippen LogP contribution in [0.4, 0.5) is 0 Å². The zero-order valence-electron chi connectivity index (χ0n) is 9.47. The van der Waals surface area contributed by atoms with E-state index < -0.39 is 0 Å². The normalized spacial score (nSPS) is 12.9. The molecule has 1 rings (SSSR count). The number of nitrogens with two attached hydrogens (primary N) is 1. The zero-order valence-corrected chi connectivity index (χ0v) is 10.2. The molecule has 3 N–H and O–H groups in total. The lowest BCUT2D eigenvalue weighted by molar-refractivity contribution is 0.460. The van der Waals surface area contributed by atoms with Gasteiger partial charge in [0.25, 0.3) is 0 Å². The molecular weight excluding hydrogens is 210 g/mol. The first-order chi connectivity index (χ1) is 6.99. The molecule has 15 heavy (non-hydrogen) atoms. The molecule has 0 saturated carbocycles. The predicted molar refractivity (Wildman–Crippen MR) is 64.7 cm³/mol. The summed E-state index contributed by atoms with van der Waals surface area (Å²) in [7, 11) is 0. The molecule has 0 amide bonds. The Kier molecular flexibility index (Phi) is 4.00. The molecule has 84 valence electrons. The van der Waals surface area contributed by atoms with Crippen LogP contribution in [0.1, 0.15) is 36.0 Å². The van der Waals surface area contributed by atoms with Crippen molar-refractivity contribution in [3.8, 4) is 5.75 Å². The molecule has 3 heteroatoms. The van der Waals surface area contributed by atoms with Crippen LogP contribution in [0.3, 0.4) is 0 Å². The van der Waals surface area contributed by atoms with Crippen molar-refractivity contribution < 1.29 is 5.11 Å². The van der Waals surface area contributed by atoms with Crippen LogP contribution in [0, 0.1) is 13.8 Å². The minimum absolute atomic E-state index is 0.209. The van der Waals surface area contributed by atoms with E-state index in [2.05, 4.69) is 6.92 Å². The van der Waals surface area contributed by atoms with E-state index in [4.69, 9.17) is 17.3 Å². The number of aromatic hydroxyl groups is 1. The number of rotatable bonds is 3. The Hall–Kier alpha value is -0.730. The smallest absolute Gasteiger partial charge is 0.137 e. The molecule has 0 fully saturated rings. The van der Waals surface area contributed by atoms with Gasteiger partial charge in [-0.25, -0.2) is 0 Å². The number of hydrogen-bond donors (Lipinski definition) is 2. The lowest BCUT2D eigenvalue weighted by Gasteiger charge is -2.18. The van der Waals surface area contributed by atoms with Crippen molar-refractivity contribution in [3.63, 3.8) is 0 Å². The zero-order chi connectivity index (χ0) is 11.6. The highest BCUT2D eigenvalue weighted by molar-refractivity contribution is 6.32. The highest BCUT2D eigenvalue weighted by atomic mass is 35.5. The molecule has 1 aromatic carbocycles. The number of benzene rings is 1. The molecule has 0 saturated heterocycles. The third-order valence-corrected chi connectivity index (χ3v) is 3.20. The largest absolute Gasteiger partial charge is 0.506 e. The molecule has 0 spiro atoms. The Bertz CT molecular complexity index is 337. The van der Waals surface area contributed by atoms with E-state index in [0.717, 1.165) is 23.1 Å². The minimum atomic E-state index is 0.209. The molecule has 1 atom stereocenters. The maximum absolute atomic E-state index is 9.93. The van der Waals surface area contributed by atoms with Crippen LogP contribution in [0.5, 0.6) is 5.75 Å². The maximum atomic E-state index is 9.93. The molecule has 1 unspecified atom stereocenters. The van der Waals surface area contributed by atoms with E-state index in [-0.39, 0.29) is 11.7 Å². The van der Waals surface area contributed by atoms with E-state index in [0.29, 0.717) is 11.6 Å². The molecule has 2 nitrogen and oxygen atoms in total. The summed E-state index contributed by atoms with van der Waals surface area (Å²) in [5, 5.41) is 10.4. The van der Waals surface area contributed by atoms with Gasteiger partial charge in [-0.15, -0.1) is 0 Å². The number of aryl methyl sites for hydroxylation is 1. The molecule has 0 aromatic heterocycles. The third kappa shape index (κ3) is 2.44. The topological polar surface area (TPSA) is 46.2 Å². The van der Waals surface area contributed by atoms with Gasteiger partial charge in [-0.1, -0.05) is 18.5 Å². The summed E-state index contributed by atoms with van der Waals surface area (Å²) in [4.78, 5) is 0. The van der Waals surface area contributed by atoms with Crippen LogP contribution in [0.15, 0.2) is 6.07 Å². The lowest BCUT2D eigenvalue weighted by atomic mass is 9.90. The van der Waals surface area contributed by atoms with Crippen LogP contribution >= 0.6 is 11.6 Å². The van der Waals surface area contributed by atoms with Gasteiger partial charge in [0, 0.05) is 5.56 Å². The van der Waals surface area contributed by atoms with Gasteiger partial charge < -0.3 is 10.8 Å². The average Bonchev–Trinajstić information content (AvgIpc) is 2.16. The van der Waals surface area contributed by atoms with E-state index in [1.54, 1.807) is 6.07 Å². The summed E-state index contributed by atoms with van der Waals surface area (Å²) in [6.45, 7) is 6.68. The van der Waals surface area contributed by atoms with Crippen LogP contribution in [0.25, 0.3) is 0 Å². The maximum Gasteiger partial charge on any atom is 0.137 e. The fourth-order valence-corrected chi connectivity index (χ4v) is 2.15. The van der Waals surface area contributed by atoms with Gasteiger partial charge in [0.15, 0.2) is 0 Å². The Morgan fingerprint density at radius 2 is 2.07 bits per heavy atom. The molecule has 0 bridgehead atoms. The first kappa shape index (κ1) is 12.3. The number of hydrogen-bond acceptors (Lipinski definition) is 2. The Morgan fingerprint density at radius 3 is 2.60 bits per heavy atom. The van der Waals surface area contributed by atoms with E-state index in [1.807, 2.05) is 13.8 Å². The third-order valence-electron chi connectivity index (χ3n) is 2.91. The number of phenols is 1.